The van der Waals surface area contributed by atoms with Crippen molar-refractivity contribution in [2.45, 2.75) is 51.1 Å². The summed E-state index contributed by atoms with van der Waals surface area (Å²) in [5, 5.41) is 0.755. The summed E-state index contributed by atoms with van der Waals surface area (Å²) in [4.78, 5) is 4.88. The monoisotopic (exact) mass is 540 g/mol. The van der Waals surface area contributed by atoms with Crippen LogP contribution in [0, 0.1) is 17.4 Å². The van der Waals surface area contributed by atoms with Gasteiger partial charge in [-0.25, -0.2) is 4.39 Å². The first-order valence-electron chi connectivity index (χ1n) is 13.6. The summed E-state index contributed by atoms with van der Waals surface area (Å²) < 4.78 is 30.0. The van der Waals surface area contributed by atoms with Crippen molar-refractivity contribution in [2.75, 3.05) is 37.8 Å². The van der Waals surface area contributed by atoms with Crippen molar-refractivity contribution >= 4 is 5.69 Å². The van der Waals surface area contributed by atoms with Gasteiger partial charge in [-0.1, -0.05) is 42.5 Å². The molecule has 202 valence electrons. The van der Waals surface area contributed by atoms with Gasteiger partial charge in [-0.2, -0.15) is 0 Å². The van der Waals surface area contributed by atoms with Gasteiger partial charge in [-0.15, -0.1) is 0 Å². The van der Waals surface area contributed by atoms with E-state index < -0.39 is 0 Å². The van der Waals surface area contributed by atoms with Crippen molar-refractivity contribution in [3.8, 4) is 5.75 Å². The molecule has 0 aromatic heterocycles. The van der Waals surface area contributed by atoms with Crippen LogP contribution in [0.1, 0.15) is 43.4 Å². The van der Waals surface area contributed by atoms with Crippen LogP contribution in [0.2, 0.25) is 5.02 Å². The average molecular weight is 541 g/mol. The van der Waals surface area contributed by atoms with Gasteiger partial charge in [0, 0.05) is 38.2 Å². The predicted octanol–water partition coefficient (Wildman–Crippen LogP) is 5.41. The molecule has 2 saturated heterocycles. The van der Waals surface area contributed by atoms with Gasteiger partial charge in [0.25, 0.3) is 11.3 Å². The minimum Gasteiger partial charge on any atom is -0.485 e. The highest BCUT2D eigenvalue weighted by molar-refractivity contribution is 5.57. The first kappa shape index (κ1) is 26.9. The number of hydrogen-bond acceptors (Lipinski definition) is 4. The standard InChI is InChI=1S/C31H37ClFN2O3/c1-23-20-34(21-24-7-3-2-4-8-24)22-30(25-10-12-26(33)13-11-25)35(23)29-15-14-27(19-28(29)32)36-17-18-38-31-9-5-6-16-37-31/h2-4,7-8,10-15,19,23,30-32H,5-6,9,16-18,20-22H2,1H3/q+1/p+1. The molecule has 0 spiro atoms. The van der Waals surface area contributed by atoms with Crippen LogP contribution in [0.3, 0.4) is 0 Å². The fourth-order valence-electron chi connectivity index (χ4n) is 5.53. The number of ether oxygens (including phenoxy) is 3. The Labute approximate surface area is 230 Å². The Morgan fingerprint density at radius 3 is 2.58 bits per heavy atom. The molecule has 5 rings (SSSR count). The van der Waals surface area contributed by atoms with Gasteiger partial charge in [0.15, 0.2) is 24.8 Å². The Bertz CT molecular complexity index is 1160. The van der Waals surface area contributed by atoms with Crippen LogP contribution in [0.15, 0.2) is 72.8 Å². The van der Waals surface area contributed by atoms with Gasteiger partial charge in [-0.3, -0.25) is 4.90 Å². The molecule has 2 heterocycles. The maximum absolute atomic E-state index is 13.8. The largest absolute Gasteiger partial charge is 0.485 e. The third-order valence-electron chi connectivity index (χ3n) is 7.33. The number of nitrogens with zero attached hydrogens (tertiary/aromatic N) is 2. The van der Waals surface area contributed by atoms with E-state index in [0.717, 1.165) is 61.1 Å². The molecule has 2 aliphatic rings. The SMILES string of the molecule is CC1CN(Cc2ccccc2)CC(c2ccc(F)cc2)N1c1ccc(OCC[OH+]C2CCCCO2)cc1[ClH+]. The first-order chi connectivity index (χ1) is 18.6. The minimum atomic E-state index is -0.224. The second-order valence-corrected chi connectivity index (χ2v) is 10.6. The summed E-state index contributed by atoms with van der Waals surface area (Å²) in [6.07, 6.45) is 3.30. The highest BCUT2D eigenvalue weighted by Crippen LogP contribution is 2.38. The Morgan fingerprint density at radius 1 is 1.03 bits per heavy atom. The van der Waals surface area contributed by atoms with Crippen LogP contribution in [0.5, 0.6) is 5.75 Å². The van der Waals surface area contributed by atoms with Gasteiger partial charge >= 0.3 is 0 Å². The molecular formula is C31H38ClFN2O3+2. The van der Waals surface area contributed by atoms with Crippen LogP contribution in [-0.2, 0) is 11.3 Å². The predicted molar refractivity (Wildman–Crippen MR) is 146 cm³/mol. The van der Waals surface area contributed by atoms with E-state index >= 15 is 0 Å². The molecule has 3 aromatic rings. The second-order valence-electron chi connectivity index (χ2n) is 10.2. The summed E-state index contributed by atoms with van der Waals surface area (Å²) in [6, 6.07) is 23.7. The Hall–Kier alpha value is -2.64. The Balaban J connectivity index is 1.29. The molecule has 2 fully saturated rings. The molecule has 0 amide bonds. The van der Waals surface area contributed by atoms with Crippen molar-refractivity contribution in [3.05, 3.63) is 94.8 Å². The van der Waals surface area contributed by atoms with Gasteiger partial charge in [0.1, 0.15) is 17.3 Å². The molecule has 7 heteroatoms. The lowest BCUT2D eigenvalue weighted by atomic mass is 9.97. The molecule has 2 aliphatic heterocycles. The first-order valence-corrected chi connectivity index (χ1v) is 14.0. The lowest BCUT2D eigenvalue weighted by molar-refractivity contribution is -0.288. The van der Waals surface area contributed by atoms with Crippen LogP contribution >= 0.6 is 0 Å². The molecule has 0 saturated carbocycles. The smallest absolute Gasteiger partial charge is 0.264 e. The quantitative estimate of drug-likeness (QED) is 0.269. The summed E-state index contributed by atoms with van der Waals surface area (Å²) in [6.45, 7) is 6.75. The number of piperazine rings is 1. The van der Waals surface area contributed by atoms with Gasteiger partial charge < -0.3 is 19.1 Å². The van der Waals surface area contributed by atoms with Crippen molar-refractivity contribution in [2.24, 2.45) is 0 Å². The van der Waals surface area contributed by atoms with E-state index in [1.165, 1.54) is 12.0 Å². The fourth-order valence-corrected chi connectivity index (χ4v) is 5.82. The summed E-state index contributed by atoms with van der Waals surface area (Å²) in [5.41, 5.74) is 3.38. The Morgan fingerprint density at radius 2 is 1.84 bits per heavy atom. The van der Waals surface area contributed by atoms with Gasteiger partial charge in [0.05, 0.1) is 12.6 Å². The van der Waals surface area contributed by atoms with E-state index in [0.29, 0.717) is 13.2 Å². The number of rotatable bonds is 9. The summed E-state index contributed by atoms with van der Waals surface area (Å²) >= 11 is 5.87. The molecule has 5 nitrogen and oxygen atoms in total. The average Bonchev–Trinajstić information content (AvgIpc) is 2.93. The van der Waals surface area contributed by atoms with Crippen molar-refractivity contribution in [1.29, 1.82) is 0 Å². The van der Waals surface area contributed by atoms with Crippen LogP contribution in [0.25, 0.3) is 0 Å². The maximum atomic E-state index is 13.8. The van der Waals surface area contributed by atoms with E-state index in [9.17, 15) is 4.39 Å². The van der Waals surface area contributed by atoms with Crippen LogP contribution < -0.4 is 9.64 Å². The molecule has 0 radical (unpaired) electrons. The number of benzene rings is 3. The number of halogens is 2. The summed E-state index contributed by atoms with van der Waals surface area (Å²) in [7, 11) is 0. The lowest BCUT2D eigenvalue weighted by Crippen LogP contribution is -2.53. The van der Waals surface area contributed by atoms with Gasteiger partial charge in [-0.05, 0) is 55.2 Å². The third-order valence-corrected chi connectivity index (χ3v) is 7.65. The van der Waals surface area contributed by atoms with E-state index in [1.807, 2.05) is 30.3 Å². The molecule has 0 aliphatic carbocycles. The highest BCUT2D eigenvalue weighted by atomic mass is 35.5. The number of anilines is 1. The minimum absolute atomic E-state index is 0.00896. The van der Waals surface area contributed by atoms with Crippen molar-refractivity contribution in [3.63, 3.8) is 0 Å². The van der Waals surface area contributed by atoms with Crippen molar-refractivity contribution < 1.29 is 30.2 Å². The zero-order valence-corrected chi connectivity index (χ0v) is 22.8. The molecule has 0 bridgehead atoms. The van der Waals surface area contributed by atoms with Crippen LogP contribution in [0.4, 0.5) is 10.1 Å². The molecule has 1 N–H and O–H groups in total. The second kappa shape index (κ2) is 12.9. The highest BCUT2D eigenvalue weighted by Gasteiger charge is 2.35. The zero-order valence-electron chi connectivity index (χ0n) is 22.0. The van der Waals surface area contributed by atoms with E-state index in [4.69, 9.17) is 21.1 Å². The molecule has 38 heavy (non-hydrogen) atoms. The van der Waals surface area contributed by atoms with E-state index in [1.54, 1.807) is 12.1 Å². The van der Waals surface area contributed by atoms with E-state index in [2.05, 4.69) is 51.8 Å². The molecule has 3 aromatic carbocycles. The van der Waals surface area contributed by atoms with E-state index in [-0.39, 0.29) is 24.2 Å². The van der Waals surface area contributed by atoms with Crippen molar-refractivity contribution in [1.82, 2.24) is 4.90 Å². The Kier molecular flexibility index (Phi) is 9.18. The maximum Gasteiger partial charge on any atom is 0.264 e. The lowest BCUT2D eigenvalue weighted by Gasteiger charge is -2.47. The molecular weight excluding hydrogens is 503 g/mol. The van der Waals surface area contributed by atoms with Crippen LogP contribution in [-0.4, -0.2) is 54.9 Å². The zero-order chi connectivity index (χ0) is 26.3. The number of hydrogen-bond donors (Lipinski definition) is 0. The molecule has 3 atom stereocenters. The summed E-state index contributed by atoms with van der Waals surface area (Å²) in [5.74, 6) is 0.532. The topological polar surface area (TPSA) is 37.7 Å². The normalized spacial score (nSPS) is 22.4. The number of aliphatic hydroxyl groups is 2. The third kappa shape index (κ3) is 6.86. The molecule has 3 unspecified atom stereocenters. The van der Waals surface area contributed by atoms with Gasteiger partial charge in [0.2, 0.25) is 0 Å². The fraction of sp³-hybridized carbons (Fsp3) is 0.419.